The van der Waals surface area contributed by atoms with E-state index >= 15 is 0 Å². The normalized spacial score (nSPS) is 17.6. The molecule has 0 atom stereocenters. The monoisotopic (exact) mass is 259 g/mol. The number of rotatable bonds is 2. The summed E-state index contributed by atoms with van der Waals surface area (Å²) in [5.74, 6) is 1.87. The molecule has 0 saturated heterocycles. The fourth-order valence-electron chi connectivity index (χ4n) is 2.91. The van der Waals surface area contributed by atoms with E-state index in [4.69, 9.17) is 4.42 Å². The topological polar surface area (TPSA) is 51.0 Å². The third kappa shape index (κ3) is 2.44. The molecule has 1 aliphatic carbocycles. The third-order valence-corrected chi connectivity index (χ3v) is 4.16. The molecule has 0 aliphatic heterocycles. The predicted octanol–water partition coefficient (Wildman–Crippen LogP) is 3.97. The highest BCUT2D eigenvalue weighted by Gasteiger charge is 2.17. The smallest absolute Gasteiger partial charge is 0.231 e. The van der Waals surface area contributed by atoms with Gasteiger partial charge in [0, 0.05) is 11.6 Å². The molecular weight excluding hydrogens is 238 g/mol. The first-order valence-electron chi connectivity index (χ1n) is 7.23. The second kappa shape index (κ2) is 5.19. The lowest BCUT2D eigenvalue weighted by Crippen LogP contribution is -2.19. The van der Waals surface area contributed by atoms with Crippen LogP contribution in [-0.2, 0) is 0 Å². The van der Waals surface area contributed by atoms with Gasteiger partial charge in [-0.2, -0.15) is 0 Å². The van der Waals surface area contributed by atoms with E-state index in [0.717, 1.165) is 22.5 Å². The zero-order valence-electron chi connectivity index (χ0n) is 11.7. The van der Waals surface area contributed by atoms with Crippen LogP contribution in [0.3, 0.4) is 0 Å². The summed E-state index contributed by atoms with van der Waals surface area (Å²) in [6.07, 6.45) is 9.42. The average molecular weight is 259 g/mol. The summed E-state index contributed by atoms with van der Waals surface area (Å²) in [4.78, 5) is 8.64. The Hall–Kier alpha value is -1.58. The van der Waals surface area contributed by atoms with Gasteiger partial charge in [0.2, 0.25) is 5.71 Å². The third-order valence-electron chi connectivity index (χ3n) is 4.16. The zero-order valence-corrected chi connectivity index (χ0v) is 11.7. The first kappa shape index (κ1) is 12.5. The SMILES string of the molecule is Cc1oc2ncnc(NC3CCCCCC3)c2c1C. The van der Waals surface area contributed by atoms with Crippen molar-refractivity contribution in [3.63, 3.8) is 0 Å². The van der Waals surface area contributed by atoms with Crippen molar-refractivity contribution in [3.8, 4) is 0 Å². The van der Waals surface area contributed by atoms with Crippen LogP contribution in [0.2, 0.25) is 0 Å². The van der Waals surface area contributed by atoms with E-state index < -0.39 is 0 Å². The van der Waals surface area contributed by atoms with Gasteiger partial charge in [0.25, 0.3) is 0 Å². The number of aryl methyl sites for hydroxylation is 2. The number of aromatic nitrogens is 2. The standard InChI is InChI=1S/C15H21N3O/c1-10-11(2)19-15-13(10)14(16-9-17-15)18-12-7-5-3-4-6-8-12/h9,12H,3-8H2,1-2H3,(H,16,17,18). The van der Waals surface area contributed by atoms with Crippen LogP contribution in [0.25, 0.3) is 11.1 Å². The van der Waals surface area contributed by atoms with Gasteiger partial charge in [0.15, 0.2) is 0 Å². The van der Waals surface area contributed by atoms with Gasteiger partial charge in [0.05, 0.1) is 5.39 Å². The van der Waals surface area contributed by atoms with Gasteiger partial charge in [-0.25, -0.2) is 9.97 Å². The van der Waals surface area contributed by atoms with Crippen molar-refractivity contribution in [1.29, 1.82) is 0 Å². The first-order valence-corrected chi connectivity index (χ1v) is 7.23. The van der Waals surface area contributed by atoms with Crippen LogP contribution in [-0.4, -0.2) is 16.0 Å². The minimum atomic E-state index is 0.537. The van der Waals surface area contributed by atoms with Gasteiger partial charge in [-0.3, -0.25) is 0 Å². The molecule has 0 amide bonds. The molecule has 2 heterocycles. The molecule has 0 radical (unpaired) electrons. The lowest BCUT2D eigenvalue weighted by atomic mass is 10.1. The molecule has 3 rings (SSSR count). The Labute approximate surface area is 113 Å². The van der Waals surface area contributed by atoms with Gasteiger partial charge < -0.3 is 9.73 Å². The van der Waals surface area contributed by atoms with Crippen LogP contribution in [0.15, 0.2) is 10.7 Å². The van der Waals surface area contributed by atoms with E-state index in [2.05, 4.69) is 22.2 Å². The molecule has 0 aromatic carbocycles. The van der Waals surface area contributed by atoms with E-state index in [1.54, 1.807) is 6.33 Å². The van der Waals surface area contributed by atoms with Crippen LogP contribution < -0.4 is 5.32 Å². The van der Waals surface area contributed by atoms with Crippen molar-refractivity contribution in [2.75, 3.05) is 5.32 Å². The summed E-state index contributed by atoms with van der Waals surface area (Å²) in [7, 11) is 0. The van der Waals surface area contributed by atoms with Crippen molar-refractivity contribution < 1.29 is 4.42 Å². The summed E-state index contributed by atoms with van der Waals surface area (Å²) in [6.45, 7) is 4.05. The van der Waals surface area contributed by atoms with E-state index in [0.29, 0.717) is 11.8 Å². The number of hydrogen-bond donors (Lipinski definition) is 1. The predicted molar refractivity (Wildman–Crippen MR) is 76.4 cm³/mol. The largest absolute Gasteiger partial charge is 0.443 e. The van der Waals surface area contributed by atoms with Gasteiger partial charge in [-0.15, -0.1) is 0 Å². The van der Waals surface area contributed by atoms with E-state index in [1.807, 2.05) is 6.92 Å². The van der Waals surface area contributed by atoms with Gasteiger partial charge in [-0.1, -0.05) is 25.7 Å². The molecule has 4 heteroatoms. The highest BCUT2D eigenvalue weighted by molar-refractivity contribution is 5.89. The molecule has 1 fully saturated rings. The maximum atomic E-state index is 5.66. The molecule has 2 aromatic heterocycles. The Morgan fingerprint density at radius 3 is 2.58 bits per heavy atom. The number of hydrogen-bond acceptors (Lipinski definition) is 4. The second-order valence-corrected chi connectivity index (χ2v) is 5.52. The van der Waals surface area contributed by atoms with Crippen molar-refractivity contribution in [2.45, 2.75) is 58.4 Å². The molecule has 1 N–H and O–H groups in total. The zero-order chi connectivity index (χ0) is 13.2. The Morgan fingerprint density at radius 1 is 1.11 bits per heavy atom. The minimum absolute atomic E-state index is 0.537. The molecule has 0 spiro atoms. The number of nitrogens with zero attached hydrogens (tertiary/aromatic N) is 2. The van der Waals surface area contributed by atoms with Gasteiger partial charge in [-0.05, 0) is 26.7 Å². The lowest BCUT2D eigenvalue weighted by molar-refractivity contribution is 0.563. The first-order chi connectivity index (χ1) is 9.25. The maximum Gasteiger partial charge on any atom is 0.231 e. The minimum Gasteiger partial charge on any atom is -0.443 e. The molecule has 0 unspecified atom stereocenters. The van der Waals surface area contributed by atoms with Gasteiger partial charge in [0.1, 0.15) is 17.9 Å². The Kier molecular flexibility index (Phi) is 3.40. The van der Waals surface area contributed by atoms with Crippen molar-refractivity contribution in [1.82, 2.24) is 9.97 Å². The van der Waals surface area contributed by atoms with Crippen molar-refractivity contribution in [2.24, 2.45) is 0 Å². The van der Waals surface area contributed by atoms with E-state index in [1.165, 1.54) is 38.5 Å². The summed E-state index contributed by atoms with van der Waals surface area (Å²) in [5.41, 5.74) is 1.84. The summed E-state index contributed by atoms with van der Waals surface area (Å²) >= 11 is 0. The summed E-state index contributed by atoms with van der Waals surface area (Å²) < 4.78 is 5.66. The number of fused-ring (bicyclic) bond motifs is 1. The van der Waals surface area contributed by atoms with E-state index in [-0.39, 0.29) is 0 Å². The fourth-order valence-corrected chi connectivity index (χ4v) is 2.91. The van der Waals surface area contributed by atoms with Crippen LogP contribution in [0, 0.1) is 13.8 Å². The Bertz CT molecular complexity index is 568. The molecule has 102 valence electrons. The molecular formula is C15H21N3O. The lowest BCUT2D eigenvalue weighted by Gasteiger charge is -2.17. The average Bonchev–Trinajstić information content (AvgIpc) is 2.59. The molecule has 2 aromatic rings. The number of anilines is 1. The molecule has 0 bridgehead atoms. The molecule has 1 aliphatic rings. The molecule has 4 nitrogen and oxygen atoms in total. The van der Waals surface area contributed by atoms with Crippen LogP contribution in [0.4, 0.5) is 5.82 Å². The van der Waals surface area contributed by atoms with Crippen molar-refractivity contribution in [3.05, 3.63) is 17.7 Å². The fraction of sp³-hybridized carbons (Fsp3) is 0.600. The highest BCUT2D eigenvalue weighted by Crippen LogP contribution is 2.29. The quantitative estimate of drug-likeness (QED) is 0.829. The van der Waals surface area contributed by atoms with Crippen LogP contribution >= 0.6 is 0 Å². The highest BCUT2D eigenvalue weighted by atomic mass is 16.3. The Morgan fingerprint density at radius 2 is 1.84 bits per heavy atom. The van der Waals surface area contributed by atoms with E-state index in [9.17, 15) is 0 Å². The maximum absolute atomic E-state index is 5.66. The summed E-state index contributed by atoms with van der Waals surface area (Å²) in [6, 6.07) is 0.537. The van der Waals surface area contributed by atoms with Gasteiger partial charge >= 0.3 is 0 Å². The summed E-state index contributed by atoms with van der Waals surface area (Å²) in [5, 5.41) is 4.65. The van der Waals surface area contributed by atoms with Crippen LogP contribution in [0.5, 0.6) is 0 Å². The van der Waals surface area contributed by atoms with Crippen molar-refractivity contribution >= 4 is 16.9 Å². The Balaban J connectivity index is 1.91. The number of nitrogens with one attached hydrogen (secondary N) is 1. The van der Waals surface area contributed by atoms with Crippen LogP contribution in [0.1, 0.15) is 49.8 Å². The second-order valence-electron chi connectivity index (χ2n) is 5.52. The molecule has 19 heavy (non-hydrogen) atoms. The number of furan rings is 1. The molecule has 1 saturated carbocycles.